The van der Waals surface area contributed by atoms with Crippen molar-refractivity contribution < 1.29 is 4.79 Å². The fourth-order valence-corrected chi connectivity index (χ4v) is 2.00. The number of amides is 1. The summed E-state index contributed by atoms with van der Waals surface area (Å²) in [6.45, 7) is 6.27. The van der Waals surface area contributed by atoms with Crippen molar-refractivity contribution in [3.05, 3.63) is 0 Å². The second-order valence-corrected chi connectivity index (χ2v) is 4.84. The molecule has 0 aromatic carbocycles. The summed E-state index contributed by atoms with van der Waals surface area (Å²) in [5, 5.41) is 6.16. The van der Waals surface area contributed by atoms with Crippen LogP contribution >= 0.6 is 24.2 Å². The zero-order chi connectivity index (χ0) is 9.84. The van der Waals surface area contributed by atoms with Crippen molar-refractivity contribution in [1.29, 1.82) is 0 Å². The van der Waals surface area contributed by atoms with Crippen LogP contribution in [0.4, 0.5) is 0 Å². The molecular formula is C9H19ClN2OS. The molecule has 2 N–H and O–H groups in total. The molecule has 2 atom stereocenters. The number of nitrogens with one attached hydrogen (secondary N) is 2. The second kappa shape index (κ2) is 6.53. The molecule has 3 nitrogen and oxygen atoms in total. The average molecular weight is 239 g/mol. The molecule has 5 heteroatoms. The summed E-state index contributed by atoms with van der Waals surface area (Å²) in [7, 11) is 0. The topological polar surface area (TPSA) is 41.1 Å². The third kappa shape index (κ3) is 4.07. The van der Waals surface area contributed by atoms with Gasteiger partial charge in [0.05, 0.1) is 6.04 Å². The molecule has 1 aliphatic rings. The quantitative estimate of drug-likeness (QED) is 0.777. The van der Waals surface area contributed by atoms with Gasteiger partial charge in [-0.05, 0) is 12.8 Å². The lowest BCUT2D eigenvalue weighted by Crippen LogP contribution is -2.46. The van der Waals surface area contributed by atoms with Gasteiger partial charge < -0.3 is 5.32 Å². The highest BCUT2D eigenvalue weighted by Crippen LogP contribution is 2.10. The summed E-state index contributed by atoms with van der Waals surface area (Å²) in [5.74, 6) is 2.44. The van der Waals surface area contributed by atoms with E-state index in [0.717, 1.165) is 11.6 Å². The minimum Gasteiger partial charge on any atom is -0.352 e. The van der Waals surface area contributed by atoms with Crippen LogP contribution in [0.3, 0.4) is 0 Å². The molecule has 1 rings (SSSR count). The number of carbonyl (C=O) groups is 1. The second-order valence-electron chi connectivity index (χ2n) is 3.81. The van der Waals surface area contributed by atoms with Crippen molar-refractivity contribution >= 4 is 30.1 Å². The molecule has 0 radical (unpaired) electrons. The van der Waals surface area contributed by atoms with E-state index in [9.17, 15) is 4.79 Å². The first-order chi connectivity index (χ1) is 6.11. The molecule has 0 aliphatic carbocycles. The van der Waals surface area contributed by atoms with Gasteiger partial charge in [0.25, 0.3) is 0 Å². The predicted molar refractivity (Wildman–Crippen MR) is 63.9 cm³/mol. The molecule has 0 aromatic heterocycles. The van der Waals surface area contributed by atoms with Crippen molar-refractivity contribution in [3.63, 3.8) is 0 Å². The maximum atomic E-state index is 11.6. The Balaban J connectivity index is 0.00000169. The van der Waals surface area contributed by atoms with E-state index in [1.54, 1.807) is 11.8 Å². The molecule has 0 aromatic rings. The van der Waals surface area contributed by atoms with E-state index in [4.69, 9.17) is 0 Å². The normalized spacial score (nSPS) is 23.0. The lowest BCUT2D eigenvalue weighted by Gasteiger charge is -2.19. The third-order valence-electron chi connectivity index (χ3n) is 2.40. The van der Waals surface area contributed by atoms with Crippen LogP contribution in [-0.2, 0) is 4.79 Å². The Morgan fingerprint density at radius 1 is 1.50 bits per heavy atom. The van der Waals surface area contributed by atoms with E-state index in [1.165, 1.54) is 0 Å². The Morgan fingerprint density at radius 3 is 2.57 bits per heavy atom. The maximum Gasteiger partial charge on any atom is 0.238 e. The SMILES string of the molecule is CC(C)C(C)NC(=O)C1CSCN1.Cl. The van der Waals surface area contributed by atoms with E-state index >= 15 is 0 Å². The summed E-state index contributed by atoms with van der Waals surface area (Å²) in [6, 6.07) is 0.283. The van der Waals surface area contributed by atoms with Crippen molar-refractivity contribution in [3.8, 4) is 0 Å². The highest BCUT2D eigenvalue weighted by Gasteiger charge is 2.23. The summed E-state index contributed by atoms with van der Waals surface area (Å²) in [6.07, 6.45) is 0. The summed E-state index contributed by atoms with van der Waals surface area (Å²) < 4.78 is 0. The molecule has 1 heterocycles. The fourth-order valence-electron chi connectivity index (χ4n) is 1.06. The largest absolute Gasteiger partial charge is 0.352 e. The van der Waals surface area contributed by atoms with Gasteiger partial charge in [0.15, 0.2) is 0 Å². The van der Waals surface area contributed by atoms with E-state index < -0.39 is 0 Å². The standard InChI is InChI=1S/C9H18N2OS.ClH/c1-6(2)7(3)11-9(12)8-4-13-5-10-8;/h6-8,10H,4-5H2,1-3H3,(H,11,12);1H. The first-order valence-electron chi connectivity index (χ1n) is 4.72. The summed E-state index contributed by atoms with van der Waals surface area (Å²) in [5.41, 5.74) is 0. The van der Waals surface area contributed by atoms with Crippen LogP contribution in [0.2, 0.25) is 0 Å². The highest BCUT2D eigenvalue weighted by molar-refractivity contribution is 7.99. The smallest absolute Gasteiger partial charge is 0.238 e. The van der Waals surface area contributed by atoms with Crippen LogP contribution in [-0.4, -0.2) is 29.6 Å². The van der Waals surface area contributed by atoms with Gasteiger partial charge in [-0.3, -0.25) is 10.1 Å². The van der Waals surface area contributed by atoms with E-state index in [2.05, 4.69) is 24.5 Å². The Kier molecular flexibility index (Phi) is 6.57. The van der Waals surface area contributed by atoms with Crippen molar-refractivity contribution in [2.75, 3.05) is 11.6 Å². The average Bonchev–Trinajstić information content (AvgIpc) is 2.55. The molecule has 0 bridgehead atoms. The molecule has 0 saturated carbocycles. The number of carbonyl (C=O) groups excluding carboxylic acids is 1. The Bertz CT molecular complexity index is 184. The zero-order valence-electron chi connectivity index (χ0n) is 8.87. The monoisotopic (exact) mass is 238 g/mol. The Morgan fingerprint density at radius 2 is 2.14 bits per heavy atom. The van der Waals surface area contributed by atoms with Crippen LogP contribution in [0.25, 0.3) is 0 Å². The molecule has 14 heavy (non-hydrogen) atoms. The van der Waals surface area contributed by atoms with Gasteiger partial charge in [-0.2, -0.15) is 0 Å². The number of hydrogen-bond donors (Lipinski definition) is 2. The molecule has 0 spiro atoms. The fraction of sp³-hybridized carbons (Fsp3) is 0.889. The number of halogens is 1. The van der Waals surface area contributed by atoms with Crippen LogP contribution < -0.4 is 10.6 Å². The van der Waals surface area contributed by atoms with E-state index in [-0.39, 0.29) is 30.4 Å². The van der Waals surface area contributed by atoms with Gasteiger partial charge in [0.2, 0.25) is 5.91 Å². The molecule has 1 amide bonds. The molecule has 1 fully saturated rings. The highest BCUT2D eigenvalue weighted by atomic mass is 35.5. The summed E-state index contributed by atoms with van der Waals surface area (Å²) >= 11 is 1.77. The first-order valence-corrected chi connectivity index (χ1v) is 5.88. The molecular weight excluding hydrogens is 220 g/mol. The first kappa shape index (κ1) is 14.1. The van der Waals surface area contributed by atoms with Gasteiger partial charge in [0, 0.05) is 17.7 Å². The van der Waals surface area contributed by atoms with Gasteiger partial charge in [-0.25, -0.2) is 0 Å². The van der Waals surface area contributed by atoms with E-state index in [1.807, 2.05) is 6.92 Å². The van der Waals surface area contributed by atoms with E-state index in [0.29, 0.717) is 5.92 Å². The maximum absolute atomic E-state index is 11.6. The number of hydrogen-bond acceptors (Lipinski definition) is 3. The lowest BCUT2D eigenvalue weighted by atomic mass is 10.1. The molecule has 1 aliphatic heterocycles. The van der Waals surface area contributed by atoms with Gasteiger partial charge >= 0.3 is 0 Å². The van der Waals surface area contributed by atoms with Crippen LogP contribution in [0.1, 0.15) is 20.8 Å². The lowest BCUT2D eigenvalue weighted by molar-refractivity contribution is -0.123. The van der Waals surface area contributed by atoms with Gasteiger partial charge in [0.1, 0.15) is 0 Å². The van der Waals surface area contributed by atoms with Crippen LogP contribution in [0, 0.1) is 5.92 Å². The van der Waals surface area contributed by atoms with Crippen LogP contribution in [0.15, 0.2) is 0 Å². The zero-order valence-corrected chi connectivity index (χ0v) is 10.5. The summed E-state index contributed by atoms with van der Waals surface area (Å²) in [4.78, 5) is 11.6. The minimum atomic E-state index is 0. The minimum absolute atomic E-state index is 0. The van der Waals surface area contributed by atoms with Crippen molar-refractivity contribution in [1.82, 2.24) is 10.6 Å². The van der Waals surface area contributed by atoms with Crippen molar-refractivity contribution in [2.24, 2.45) is 5.92 Å². The van der Waals surface area contributed by atoms with Crippen LogP contribution in [0.5, 0.6) is 0 Å². The Labute approximate surface area is 96.2 Å². The molecule has 84 valence electrons. The van der Waals surface area contributed by atoms with Gasteiger partial charge in [-0.1, -0.05) is 13.8 Å². The molecule has 1 saturated heterocycles. The number of rotatable bonds is 3. The predicted octanol–water partition coefficient (Wildman–Crippen LogP) is 1.23. The Hall–Kier alpha value is 0.0700. The van der Waals surface area contributed by atoms with Crippen molar-refractivity contribution in [2.45, 2.75) is 32.9 Å². The molecule has 2 unspecified atom stereocenters. The third-order valence-corrected chi connectivity index (χ3v) is 3.34. The number of thioether (sulfide) groups is 1. The van der Waals surface area contributed by atoms with Gasteiger partial charge in [-0.15, -0.1) is 24.2 Å².